The second-order valence-electron chi connectivity index (χ2n) is 4.35. The number of hydrogen-bond donors (Lipinski definition) is 0. The summed E-state index contributed by atoms with van der Waals surface area (Å²) in [5.74, 6) is 0.463. The van der Waals surface area contributed by atoms with Crippen molar-refractivity contribution in [3.8, 4) is 5.75 Å². The fourth-order valence-corrected chi connectivity index (χ4v) is 1.77. The summed E-state index contributed by atoms with van der Waals surface area (Å²) in [6.45, 7) is 3.09. The van der Waals surface area contributed by atoms with Gasteiger partial charge in [0.2, 0.25) is 0 Å². The summed E-state index contributed by atoms with van der Waals surface area (Å²) in [6, 6.07) is 6.49. The van der Waals surface area contributed by atoms with Crippen LogP contribution in [0.25, 0.3) is 0 Å². The van der Waals surface area contributed by atoms with Crippen LogP contribution in [-0.2, 0) is 0 Å². The number of piperazine rings is 1. The first kappa shape index (κ1) is 12.6. The molecule has 2 rings (SSSR count). The van der Waals surface area contributed by atoms with Gasteiger partial charge in [-0.25, -0.2) is 4.79 Å². The van der Waals surface area contributed by atoms with E-state index in [-0.39, 0.29) is 6.09 Å². The molecule has 0 bridgehead atoms. The molecular weight excluding hydrogens is 232 g/mol. The Balaban J connectivity index is 1.92. The predicted octanol–water partition coefficient (Wildman–Crippen LogP) is 1.25. The van der Waals surface area contributed by atoms with Crippen LogP contribution in [-0.4, -0.2) is 55.4 Å². The number of nitrogens with zero attached hydrogens (tertiary/aromatic N) is 2. The number of likely N-dealkylation sites (N-methyl/N-ethyl adjacent to an activating group) is 1. The van der Waals surface area contributed by atoms with Gasteiger partial charge in [-0.2, -0.15) is 0 Å². The zero-order valence-electron chi connectivity index (χ0n) is 10.3. The topological polar surface area (TPSA) is 49.9 Å². The fourth-order valence-electron chi connectivity index (χ4n) is 1.77. The molecule has 96 valence electrons. The van der Waals surface area contributed by atoms with Crippen LogP contribution in [0.2, 0.25) is 0 Å². The van der Waals surface area contributed by atoms with Gasteiger partial charge in [0.1, 0.15) is 12.0 Å². The van der Waals surface area contributed by atoms with Gasteiger partial charge in [0, 0.05) is 31.7 Å². The van der Waals surface area contributed by atoms with Crippen molar-refractivity contribution in [1.82, 2.24) is 9.80 Å². The molecule has 0 N–H and O–H groups in total. The van der Waals surface area contributed by atoms with E-state index in [0.29, 0.717) is 24.4 Å². The summed E-state index contributed by atoms with van der Waals surface area (Å²) in [5.41, 5.74) is 0.564. The average molecular weight is 248 g/mol. The minimum absolute atomic E-state index is 0.332. The molecule has 0 radical (unpaired) electrons. The number of carbonyl (C=O) groups is 2. The Morgan fingerprint density at radius 3 is 2.33 bits per heavy atom. The van der Waals surface area contributed by atoms with Crippen molar-refractivity contribution in [2.75, 3.05) is 33.2 Å². The lowest BCUT2D eigenvalue weighted by atomic mass is 10.2. The molecule has 18 heavy (non-hydrogen) atoms. The van der Waals surface area contributed by atoms with Gasteiger partial charge in [0.05, 0.1) is 0 Å². The highest BCUT2D eigenvalue weighted by Crippen LogP contribution is 2.13. The van der Waals surface area contributed by atoms with Gasteiger partial charge < -0.3 is 14.5 Å². The van der Waals surface area contributed by atoms with Gasteiger partial charge in [-0.1, -0.05) is 0 Å². The minimum atomic E-state index is -0.332. The Labute approximate surface area is 106 Å². The lowest BCUT2D eigenvalue weighted by molar-refractivity contribution is 0.112. The lowest BCUT2D eigenvalue weighted by Gasteiger charge is -2.31. The van der Waals surface area contributed by atoms with Crippen LogP contribution >= 0.6 is 0 Å². The number of benzene rings is 1. The molecule has 0 atom stereocenters. The Bertz CT molecular complexity index is 422. The van der Waals surface area contributed by atoms with Crippen LogP contribution in [0.4, 0.5) is 4.79 Å². The number of carbonyl (C=O) groups excluding carboxylic acids is 2. The number of ether oxygens (including phenoxy) is 1. The van der Waals surface area contributed by atoms with Gasteiger partial charge in [0.15, 0.2) is 0 Å². The van der Waals surface area contributed by atoms with E-state index in [0.717, 1.165) is 19.4 Å². The number of aldehydes is 1. The molecule has 1 aromatic carbocycles. The zero-order valence-corrected chi connectivity index (χ0v) is 10.3. The number of rotatable bonds is 2. The third-order valence-corrected chi connectivity index (χ3v) is 2.98. The van der Waals surface area contributed by atoms with Crippen LogP contribution in [0.3, 0.4) is 0 Å². The molecule has 0 unspecified atom stereocenters. The molecule has 1 aliphatic rings. The summed E-state index contributed by atoms with van der Waals surface area (Å²) in [7, 11) is 2.03. The lowest BCUT2D eigenvalue weighted by Crippen LogP contribution is -2.48. The first-order valence-electron chi connectivity index (χ1n) is 5.89. The molecule has 5 heteroatoms. The van der Waals surface area contributed by atoms with Gasteiger partial charge in [-0.05, 0) is 31.3 Å². The van der Waals surface area contributed by atoms with Crippen LogP contribution < -0.4 is 4.74 Å². The van der Waals surface area contributed by atoms with E-state index in [1.165, 1.54) is 0 Å². The van der Waals surface area contributed by atoms with Crippen molar-refractivity contribution in [3.63, 3.8) is 0 Å². The van der Waals surface area contributed by atoms with Crippen molar-refractivity contribution < 1.29 is 14.3 Å². The van der Waals surface area contributed by atoms with E-state index in [9.17, 15) is 9.59 Å². The highest BCUT2D eigenvalue weighted by molar-refractivity contribution is 5.75. The maximum absolute atomic E-state index is 11.8. The molecule has 5 nitrogen and oxygen atoms in total. The molecule has 1 amide bonds. The molecule has 0 saturated carbocycles. The van der Waals surface area contributed by atoms with Gasteiger partial charge in [-0.3, -0.25) is 4.79 Å². The average Bonchev–Trinajstić information content (AvgIpc) is 2.40. The first-order valence-corrected chi connectivity index (χ1v) is 5.89. The smallest absolute Gasteiger partial charge is 0.410 e. The van der Waals surface area contributed by atoms with E-state index < -0.39 is 0 Å². The van der Waals surface area contributed by atoms with Crippen molar-refractivity contribution >= 4 is 12.4 Å². The standard InChI is InChI=1S/C13H16N2O3/c1-14-6-8-15(9-7-14)13(17)18-12-4-2-11(10-16)3-5-12/h2-5,10H,6-9H2,1H3. The molecule has 1 aliphatic heterocycles. The van der Waals surface area contributed by atoms with E-state index in [1.54, 1.807) is 29.2 Å². The number of amides is 1. The van der Waals surface area contributed by atoms with Crippen molar-refractivity contribution in [2.24, 2.45) is 0 Å². The summed E-state index contributed by atoms with van der Waals surface area (Å²) < 4.78 is 5.24. The highest BCUT2D eigenvalue weighted by Gasteiger charge is 2.20. The molecule has 1 aromatic rings. The summed E-state index contributed by atoms with van der Waals surface area (Å²) in [5, 5.41) is 0. The molecular formula is C13H16N2O3. The van der Waals surface area contributed by atoms with Gasteiger partial charge >= 0.3 is 6.09 Å². The Morgan fingerprint density at radius 2 is 1.78 bits per heavy atom. The second-order valence-corrected chi connectivity index (χ2v) is 4.35. The Kier molecular flexibility index (Phi) is 3.94. The predicted molar refractivity (Wildman–Crippen MR) is 66.9 cm³/mol. The normalized spacial score (nSPS) is 16.4. The Hall–Kier alpha value is -1.88. The quantitative estimate of drug-likeness (QED) is 0.739. The van der Waals surface area contributed by atoms with Gasteiger partial charge in [-0.15, -0.1) is 0 Å². The summed E-state index contributed by atoms with van der Waals surface area (Å²) in [6.07, 6.45) is 0.424. The molecule has 1 fully saturated rings. The van der Waals surface area contributed by atoms with Gasteiger partial charge in [0.25, 0.3) is 0 Å². The fraction of sp³-hybridized carbons (Fsp3) is 0.385. The molecule has 0 aromatic heterocycles. The minimum Gasteiger partial charge on any atom is -0.410 e. The molecule has 1 heterocycles. The van der Waals surface area contributed by atoms with E-state index in [4.69, 9.17) is 4.74 Å². The number of hydrogen-bond acceptors (Lipinski definition) is 4. The maximum atomic E-state index is 11.8. The Morgan fingerprint density at radius 1 is 1.17 bits per heavy atom. The van der Waals surface area contributed by atoms with Crippen LogP contribution in [0.15, 0.2) is 24.3 Å². The molecule has 1 saturated heterocycles. The van der Waals surface area contributed by atoms with Crippen LogP contribution in [0.5, 0.6) is 5.75 Å². The molecule has 0 spiro atoms. The first-order chi connectivity index (χ1) is 8.69. The third-order valence-electron chi connectivity index (χ3n) is 2.98. The van der Waals surface area contributed by atoms with E-state index >= 15 is 0 Å². The third kappa shape index (κ3) is 3.07. The zero-order chi connectivity index (χ0) is 13.0. The SMILES string of the molecule is CN1CCN(C(=O)Oc2ccc(C=O)cc2)CC1. The van der Waals surface area contributed by atoms with Crippen molar-refractivity contribution in [1.29, 1.82) is 0 Å². The monoisotopic (exact) mass is 248 g/mol. The van der Waals surface area contributed by atoms with Crippen molar-refractivity contribution in [3.05, 3.63) is 29.8 Å². The highest BCUT2D eigenvalue weighted by atomic mass is 16.6. The van der Waals surface area contributed by atoms with E-state index in [1.807, 2.05) is 7.05 Å². The largest absolute Gasteiger partial charge is 0.415 e. The summed E-state index contributed by atoms with van der Waals surface area (Å²) >= 11 is 0. The van der Waals surface area contributed by atoms with Crippen molar-refractivity contribution in [2.45, 2.75) is 0 Å². The second kappa shape index (κ2) is 5.64. The maximum Gasteiger partial charge on any atom is 0.415 e. The van der Waals surface area contributed by atoms with Crippen LogP contribution in [0.1, 0.15) is 10.4 Å². The van der Waals surface area contributed by atoms with E-state index in [2.05, 4.69) is 4.90 Å². The van der Waals surface area contributed by atoms with Crippen LogP contribution in [0, 0.1) is 0 Å². The summed E-state index contributed by atoms with van der Waals surface area (Å²) in [4.78, 5) is 26.2. The molecule has 0 aliphatic carbocycles.